The number of hydrogen-bond acceptors (Lipinski definition) is 7. The summed E-state index contributed by atoms with van der Waals surface area (Å²) in [5, 5.41) is 19.8. The Balaban J connectivity index is 1.48. The number of aliphatic hydroxyl groups is 1. The number of ether oxygens (including phenoxy) is 1. The molecular formula is C28H37F2N7O2Si. The molecule has 2 aliphatic heterocycles. The highest BCUT2D eigenvalue weighted by molar-refractivity contribution is 6.76. The number of fused-ring (bicyclic) bond motifs is 4. The number of aliphatic hydroxyl groups excluding tert-OH is 1. The number of aromatic nitrogens is 6. The fourth-order valence-corrected chi connectivity index (χ4v) is 6.96. The average molecular weight is 570 g/mol. The van der Waals surface area contributed by atoms with Gasteiger partial charge in [-0.05, 0) is 43.4 Å². The van der Waals surface area contributed by atoms with Crippen molar-refractivity contribution in [3.8, 4) is 11.3 Å². The molecule has 2 bridgehead atoms. The highest BCUT2D eigenvalue weighted by Gasteiger charge is 2.47. The molecule has 0 aliphatic carbocycles. The van der Waals surface area contributed by atoms with Gasteiger partial charge in [0.05, 0.1) is 23.6 Å². The van der Waals surface area contributed by atoms with Crippen LogP contribution in [0.1, 0.15) is 31.9 Å². The Morgan fingerprint density at radius 1 is 1.15 bits per heavy atom. The first kappa shape index (κ1) is 27.2. The number of alkyl halides is 1. The molecule has 0 amide bonds. The lowest BCUT2D eigenvalue weighted by molar-refractivity contribution is 0.0814. The summed E-state index contributed by atoms with van der Waals surface area (Å²) >= 11 is 0. The van der Waals surface area contributed by atoms with Crippen LogP contribution in [0.5, 0.6) is 0 Å². The second-order valence-electron chi connectivity index (χ2n) is 12.5. The first-order valence-electron chi connectivity index (χ1n) is 14.1. The van der Waals surface area contributed by atoms with E-state index < -0.39 is 20.1 Å². The van der Waals surface area contributed by atoms with Crippen LogP contribution in [0.15, 0.2) is 18.3 Å². The third kappa shape index (κ3) is 4.69. The maximum Gasteiger partial charge on any atom is 0.181 e. The van der Waals surface area contributed by atoms with Crippen molar-refractivity contribution in [1.82, 2.24) is 29.5 Å². The van der Waals surface area contributed by atoms with E-state index in [1.54, 1.807) is 34.7 Å². The summed E-state index contributed by atoms with van der Waals surface area (Å²) in [7, 11) is 0.445. The van der Waals surface area contributed by atoms with Crippen LogP contribution in [0.4, 0.5) is 14.6 Å². The van der Waals surface area contributed by atoms with Gasteiger partial charge in [-0.25, -0.2) is 23.4 Å². The number of anilines is 1. The monoisotopic (exact) mass is 569 g/mol. The molecule has 4 atom stereocenters. The van der Waals surface area contributed by atoms with Crippen molar-refractivity contribution in [2.24, 2.45) is 13.0 Å². The molecule has 0 radical (unpaired) electrons. The van der Waals surface area contributed by atoms with Gasteiger partial charge >= 0.3 is 0 Å². The average Bonchev–Trinajstić information content (AvgIpc) is 3.57. The molecule has 3 aromatic heterocycles. The van der Waals surface area contributed by atoms with E-state index in [4.69, 9.17) is 19.8 Å². The standard InChI is InChI=1S/C28H37F2N7O2Si/c1-16-12-17-6-9-22(23(16)29)37(17)27-21(14-38)31-26-25(18-7-8-20-19(24(18)30)13-35(2)33-20)34-36(28(26)32-27)15-39-10-11-40(3,4)5/h7-8,13,16-17,22-23,38H,6,9-12,14-15H2,1-5H3/t16-,17-,22+,23-/m0/s1. The summed E-state index contributed by atoms with van der Waals surface area (Å²) in [5.74, 6) is 0.0110. The minimum absolute atomic E-state index is 0.0229. The molecule has 0 spiro atoms. The van der Waals surface area contributed by atoms with Crippen molar-refractivity contribution in [1.29, 1.82) is 0 Å². The number of hydrogen-bond donors (Lipinski definition) is 1. The lowest BCUT2D eigenvalue weighted by Gasteiger charge is -2.41. The minimum atomic E-state index is -1.30. The van der Waals surface area contributed by atoms with E-state index in [0.29, 0.717) is 45.9 Å². The highest BCUT2D eigenvalue weighted by atomic mass is 28.3. The van der Waals surface area contributed by atoms with Gasteiger partial charge in [-0.15, -0.1) is 0 Å². The highest BCUT2D eigenvalue weighted by Crippen LogP contribution is 2.44. The Kier molecular flexibility index (Phi) is 6.90. The summed E-state index contributed by atoms with van der Waals surface area (Å²) in [4.78, 5) is 11.8. The van der Waals surface area contributed by atoms with Crippen LogP contribution in [0.2, 0.25) is 25.7 Å². The van der Waals surface area contributed by atoms with Crippen LogP contribution in [-0.2, 0) is 25.1 Å². The number of piperidine rings is 1. The minimum Gasteiger partial charge on any atom is -0.390 e. The Morgan fingerprint density at radius 3 is 2.70 bits per heavy atom. The van der Waals surface area contributed by atoms with Crippen molar-refractivity contribution in [3.63, 3.8) is 0 Å². The molecule has 0 saturated carbocycles. The van der Waals surface area contributed by atoms with Crippen LogP contribution in [-0.4, -0.2) is 67.6 Å². The number of halogens is 2. The van der Waals surface area contributed by atoms with Crippen LogP contribution in [0.25, 0.3) is 33.3 Å². The van der Waals surface area contributed by atoms with Crippen LogP contribution >= 0.6 is 0 Å². The molecule has 1 aromatic carbocycles. The van der Waals surface area contributed by atoms with Crippen molar-refractivity contribution < 1.29 is 18.6 Å². The predicted molar refractivity (Wildman–Crippen MR) is 153 cm³/mol. The van der Waals surface area contributed by atoms with Gasteiger partial charge in [0.1, 0.15) is 35.6 Å². The largest absolute Gasteiger partial charge is 0.390 e. The van der Waals surface area contributed by atoms with E-state index in [-0.39, 0.29) is 36.9 Å². The number of aryl methyl sites for hydroxylation is 1. The van der Waals surface area contributed by atoms with Crippen molar-refractivity contribution in [2.75, 3.05) is 11.5 Å². The van der Waals surface area contributed by atoms with E-state index in [0.717, 1.165) is 25.3 Å². The van der Waals surface area contributed by atoms with Crippen LogP contribution < -0.4 is 4.90 Å². The molecule has 2 saturated heterocycles. The number of rotatable bonds is 8. The molecule has 40 heavy (non-hydrogen) atoms. The van der Waals surface area contributed by atoms with E-state index in [1.807, 2.05) is 11.8 Å². The van der Waals surface area contributed by atoms with Gasteiger partial charge in [-0.1, -0.05) is 26.6 Å². The zero-order valence-electron chi connectivity index (χ0n) is 23.7. The van der Waals surface area contributed by atoms with E-state index in [9.17, 15) is 5.11 Å². The maximum atomic E-state index is 15.8. The second-order valence-corrected chi connectivity index (χ2v) is 18.2. The maximum absolute atomic E-state index is 15.8. The Hall–Kier alpha value is -2.96. The third-order valence-corrected chi connectivity index (χ3v) is 10.0. The predicted octanol–water partition coefficient (Wildman–Crippen LogP) is 5.04. The SMILES string of the molecule is C[C@H]1C[C@@H]2CC[C@H]([C@H]1F)N2c1nc2c(nc1CO)c(-c1ccc3nn(C)cc3c1F)nn2COCC[Si](C)(C)C. The van der Waals surface area contributed by atoms with E-state index in [1.165, 1.54) is 0 Å². The van der Waals surface area contributed by atoms with Gasteiger partial charge in [-0.2, -0.15) is 10.2 Å². The summed E-state index contributed by atoms with van der Waals surface area (Å²) in [6.45, 7) is 9.15. The number of nitrogens with zero attached hydrogens (tertiary/aromatic N) is 7. The Morgan fingerprint density at radius 2 is 1.95 bits per heavy atom. The van der Waals surface area contributed by atoms with Gasteiger partial charge in [0, 0.05) is 39.5 Å². The summed E-state index contributed by atoms with van der Waals surface area (Å²) in [5.41, 5.74) is 2.27. The Bertz CT molecular complexity index is 1570. The molecule has 1 N–H and O–H groups in total. The van der Waals surface area contributed by atoms with Crippen LogP contribution in [0, 0.1) is 11.7 Å². The lowest BCUT2D eigenvalue weighted by Crippen LogP contribution is -2.50. The molecule has 214 valence electrons. The normalized spacial score (nSPS) is 23.1. The molecule has 2 fully saturated rings. The van der Waals surface area contributed by atoms with Gasteiger partial charge in [0.15, 0.2) is 11.5 Å². The molecular weight excluding hydrogens is 532 g/mol. The topological polar surface area (TPSA) is 94.1 Å². The molecule has 4 aromatic rings. The molecule has 5 heterocycles. The first-order valence-corrected chi connectivity index (χ1v) is 17.8. The van der Waals surface area contributed by atoms with Crippen molar-refractivity contribution >= 4 is 36.0 Å². The molecule has 0 unspecified atom stereocenters. The van der Waals surface area contributed by atoms with Crippen LogP contribution in [0.3, 0.4) is 0 Å². The summed E-state index contributed by atoms with van der Waals surface area (Å²) < 4.78 is 40.3. The van der Waals surface area contributed by atoms with Gasteiger partial charge in [0.25, 0.3) is 0 Å². The summed E-state index contributed by atoms with van der Waals surface area (Å²) in [6, 6.07) is 4.23. The first-order chi connectivity index (χ1) is 19.1. The van der Waals surface area contributed by atoms with Crippen molar-refractivity contribution in [2.45, 2.75) is 83.5 Å². The quantitative estimate of drug-likeness (QED) is 0.235. The fourth-order valence-electron chi connectivity index (χ4n) is 6.21. The van der Waals surface area contributed by atoms with Gasteiger partial charge in [-0.3, -0.25) is 4.68 Å². The lowest BCUT2D eigenvalue weighted by atomic mass is 9.90. The smallest absolute Gasteiger partial charge is 0.181 e. The van der Waals surface area contributed by atoms with E-state index in [2.05, 4.69) is 24.7 Å². The molecule has 9 nitrogen and oxygen atoms in total. The third-order valence-electron chi connectivity index (χ3n) is 8.32. The molecule has 6 rings (SSSR count). The Labute approximate surface area is 233 Å². The van der Waals surface area contributed by atoms with Gasteiger partial charge in [0.2, 0.25) is 0 Å². The zero-order valence-corrected chi connectivity index (χ0v) is 24.7. The van der Waals surface area contributed by atoms with E-state index >= 15 is 8.78 Å². The van der Waals surface area contributed by atoms with Gasteiger partial charge < -0.3 is 14.7 Å². The van der Waals surface area contributed by atoms with Crippen molar-refractivity contribution in [3.05, 3.63) is 29.8 Å². The zero-order chi connectivity index (χ0) is 28.3. The number of benzene rings is 1. The second kappa shape index (κ2) is 10.1. The molecule has 2 aliphatic rings. The fraction of sp³-hybridized carbons (Fsp3) is 0.571. The molecule has 12 heteroatoms. The summed E-state index contributed by atoms with van der Waals surface area (Å²) in [6.07, 6.45) is 3.00.